The minimum atomic E-state index is -0.0757. The predicted octanol–water partition coefficient (Wildman–Crippen LogP) is 3.97. The van der Waals surface area contributed by atoms with Gasteiger partial charge in [0.2, 0.25) is 5.91 Å². The Morgan fingerprint density at radius 3 is 2.62 bits per heavy atom. The highest BCUT2D eigenvalue weighted by Gasteiger charge is 2.25. The second-order valence-electron chi connectivity index (χ2n) is 8.50. The summed E-state index contributed by atoms with van der Waals surface area (Å²) in [6, 6.07) is 8.72. The molecule has 6 nitrogen and oxygen atoms in total. The number of urea groups is 1. The number of piperidine rings is 1. The van der Waals surface area contributed by atoms with Crippen LogP contribution in [0.2, 0.25) is 0 Å². The van der Waals surface area contributed by atoms with Gasteiger partial charge in [-0.3, -0.25) is 9.69 Å². The Bertz CT molecular complexity index is 687. The molecule has 2 N–H and O–H groups in total. The average Bonchev–Trinajstić information content (AvgIpc) is 2.75. The molecule has 1 atom stereocenters. The molecule has 2 aliphatic rings. The zero-order valence-corrected chi connectivity index (χ0v) is 18.0. The highest BCUT2D eigenvalue weighted by Crippen LogP contribution is 2.25. The van der Waals surface area contributed by atoms with Crippen molar-refractivity contribution in [3.8, 4) is 0 Å². The van der Waals surface area contributed by atoms with Crippen molar-refractivity contribution in [1.82, 2.24) is 15.1 Å². The second-order valence-corrected chi connectivity index (χ2v) is 8.50. The molecule has 2 fully saturated rings. The highest BCUT2D eigenvalue weighted by atomic mass is 16.2. The van der Waals surface area contributed by atoms with Crippen LogP contribution in [0.5, 0.6) is 0 Å². The van der Waals surface area contributed by atoms with Gasteiger partial charge in [0, 0.05) is 43.8 Å². The molecule has 3 rings (SSSR count). The van der Waals surface area contributed by atoms with Gasteiger partial charge in [0.1, 0.15) is 0 Å². The van der Waals surface area contributed by atoms with Gasteiger partial charge < -0.3 is 15.5 Å². The van der Waals surface area contributed by atoms with Crippen LogP contribution in [0.4, 0.5) is 10.5 Å². The summed E-state index contributed by atoms with van der Waals surface area (Å²) >= 11 is 0. The first kappa shape index (κ1) is 21.6. The molecule has 0 spiro atoms. The molecule has 1 heterocycles. The molecule has 1 aromatic carbocycles. The SMILES string of the molecule is CCC(=O)NC1CCCN(C(=O)Nc2ccccc2CN(C)C2CCCCC2)C1. The number of para-hydroxylation sites is 1. The zero-order valence-electron chi connectivity index (χ0n) is 18.0. The fourth-order valence-corrected chi connectivity index (χ4v) is 4.50. The van der Waals surface area contributed by atoms with Gasteiger partial charge in [0.25, 0.3) is 0 Å². The Balaban J connectivity index is 1.59. The molecule has 1 saturated heterocycles. The Hall–Kier alpha value is -2.08. The molecule has 1 aromatic rings. The Kier molecular flexibility index (Phi) is 7.92. The number of hydrogen-bond donors (Lipinski definition) is 2. The minimum Gasteiger partial charge on any atom is -0.352 e. The number of carbonyl (C=O) groups excluding carboxylic acids is 2. The number of nitrogens with zero attached hydrogens (tertiary/aromatic N) is 2. The molecular weight excluding hydrogens is 364 g/mol. The van der Waals surface area contributed by atoms with Gasteiger partial charge in [0.15, 0.2) is 0 Å². The summed E-state index contributed by atoms with van der Waals surface area (Å²) in [7, 11) is 2.19. The first-order chi connectivity index (χ1) is 14.1. The third kappa shape index (κ3) is 6.20. The van der Waals surface area contributed by atoms with Gasteiger partial charge in [-0.05, 0) is 44.4 Å². The fourth-order valence-electron chi connectivity index (χ4n) is 4.50. The summed E-state index contributed by atoms with van der Waals surface area (Å²) < 4.78 is 0. The number of benzene rings is 1. The standard InChI is InChI=1S/C23H36N4O2/c1-3-22(28)24-19-11-9-15-27(17-19)23(29)25-21-14-8-7-10-18(21)16-26(2)20-12-5-4-6-13-20/h7-8,10,14,19-20H,3-6,9,11-13,15-17H2,1-2H3,(H,24,28)(H,25,29). The first-order valence-electron chi connectivity index (χ1n) is 11.2. The number of rotatable bonds is 6. The number of anilines is 1. The smallest absolute Gasteiger partial charge is 0.321 e. The van der Waals surface area contributed by atoms with Gasteiger partial charge >= 0.3 is 6.03 Å². The van der Waals surface area contributed by atoms with E-state index in [0.717, 1.165) is 37.2 Å². The number of carbonyl (C=O) groups is 2. The van der Waals surface area contributed by atoms with Crippen molar-refractivity contribution in [3.63, 3.8) is 0 Å². The maximum absolute atomic E-state index is 12.9. The predicted molar refractivity (Wildman–Crippen MR) is 117 cm³/mol. The molecule has 0 aromatic heterocycles. The van der Waals surface area contributed by atoms with Gasteiger partial charge in [0.05, 0.1) is 0 Å². The average molecular weight is 401 g/mol. The zero-order chi connectivity index (χ0) is 20.6. The van der Waals surface area contributed by atoms with E-state index >= 15 is 0 Å². The number of likely N-dealkylation sites (tertiary alicyclic amines) is 1. The minimum absolute atomic E-state index is 0.0494. The van der Waals surface area contributed by atoms with Crippen molar-refractivity contribution in [3.05, 3.63) is 29.8 Å². The van der Waals surface area contributed by atoms with E-state index in [4.69, 9.17) is 0 Å². The number of amides is 3. The van der Waals surface area contributed by atoms with E-state index in [-0.39, 0.29) is 18.0 Å². The molecule has 1 aliphatic heterocycles. The van der Waals surface area contributed by atoms with Crippen LogP contribution < -0.4 is 10.6 Å². The molecule has 1 aliphatic carbocycles. The topological polar surface area (TPSA) is 64.7 Å². The summed E-state index contributed by atoms with van der Waals surface area (Å²) in [5, 5.41) is 6.15. The Morgan fingerprint density at radius 1 is 1.10 bits per heavy atom. The van der Waals surface area contributed by atoms with E-state index in [1.165, 1.54) is 32.1 Å². The molecule has 0 bridgehead atoms. The van der Waals surface area contributed by atoms with Gasteiger partial charge in [-0.2, -0.15) is 0 Å². The molecule has 1 unspecified atom stereocenters. The van der Waals surface area contributed by atoms with E-state index in [9.17, 15) is 9.59 Å². The van der Waals surface area contributed by atoms with Crippen LogP contribution in [0, 0.1) is 0 Å². The number of nitrogens with one attached hydrogen (secondary N) is 2. The summed E-state index contributed by atoms with van der Waals surface area (Å²) in [6.07, 6.45) is 8.84. The van der Waals surface area contributed by atoms with Crippen LogP contribution in [-0.4, -0.2) is 54.0 Å². The van der Waals surface area contributed by atoms with Crippen molar-refractivity contribution >= 4 is 17.6 Å². The largest absolute Gasteiger partial charge is 0.352 e. The molecule has 6 heteroatoms. The summed E-state index contributed by atoms with van der Waals surface area (Å²) in [5.41, 5.74) is 2.04. The fraction of sp³-hybridized carbons (Fsp3) is 0.652. The lowest BCUT2D eigenvalue weighted by atomic mass is 9.94. The maximum atomic E-state index is 12.9. The van der Waals surface area contributed by atoms with Crippen LogP contribution in [-0.2, 0) is 11.3 Å². The quantitative estimate of drug-likeness (QED) is 0.759. The maximum Gasteiger partial charge on any atom is 0.321 e. The summed E-state index contributed by atoms with van der Waals surface area (Å²) in [5.74, 6) is 0.0494. The molecule has 1 saturated carbocycles. The van der Waals surface area contributed by atoms with Crippen LogP contribution in [0.15, 0.2) is 24.3 Å². The van der Waals surface area contributed by atoms with Gasteiger partial charge in [-0.1, -0.05) is 44.4 Å². The van der Waals surface area contributed by atoms with E-state index in [0.29, 0.717) is 19.0 Å². The molecular formula is C23H36N4O2. The van der Waals surface area contributed by atoms with E-state index in [1.54, 1.807) is 0 Å². The van der Waals surface area contributed by atoms with Crippen molar-refractivity contribution < 1.29 is 9.59 Å². The summed E-state index contributed by atoms with van der Waals surface area (Å²) in [4.78, 5) is 28.8. The Labute approximate surface area is 175 Å². The number of hydrogen-bond acceptors (Lipinski definition) is 3. The third-order valence-electron chi connectivity index (χ3n) is 6.27. The lowest BCUT2D eigenvalue weighted by molar-refractivity contribution is -0.121. The monoisotopic (exact) mass is 400 g/mol. The molecule has 0 radical (unpaired) electrons. The highest BCUT2D eigenvalue weighted by molar-refractivity contribution is 5.90. The second kappa shape index (κ2) is 10.6. The van der Waals surface area contributed by atoms with E-state index in [1.807, 2.05) is 30.0 Å². The van der Waals surface area contributed by atoms with Crippen molar-refractivity contribution in [2.24, 2.45) is 0 Å². The molecule has 29 heavy (non-hydrogen) atoms. The summed E-state index contributed by atoms with van der Waals surface area (Å²) in [6.45, 7) is 4.00. The van der Waals surface area contributed by atoms with Crippen LogP contribution in [0.1, 0.15) is 63.9 Å². The van der Waals surface area contributed by atoms with Crippen LogP contribution in [0.25, 0.3) is 0 Å². The van der Waals surface area contributed by atoms with Gasteiger partial charge in [-0.15, -0.1) is 0 Å². The normalized spacial score (nSPS) is 20.5. The third-order valence-corrected chi connectivity index (χ3v) is 6.27. The van der Waals surface area contributed by atoms with Crippen LogP contribution in [0.3, 0.4) is 0 Å². The lowest BCUT2D eigenvalue weighted by Crippen LogP contribution is -2.50. The van der Waals surface area contributed by atoms with Crippen molar-refractivity contribution in [2.75, 3.05) is 25.5 Å². The first-order valence-corrected chi connectivity index (χ1v) is 11.2. The van der Waals surface area contributed by atoms with Gasteiger partial charge in [-0.25, -0.2) is 4.79 Å². The van der Waals surface area contributed by atoms with Crippen LogP contribution >= 0.6 is 0 Å². The van der Waals surface area contributed by atoms with Crippen molar-refractivity contribution in [1.29, 1.82) is 0 Å². The molecule has 3 amide bonds. The van der Waals surface area contributed by atoms with Crippen molar-refractivity contribution in [2.45, 2.75) is 76.9 Å². The molecule has 160 valence electrons. The lowest BCUT2D eigenvalue weighted by Gasteiger charge is -2.34. The van der Waals surface area contributed by atoms with E-state index in [2.05, 4.69) is 28.6 Å². The Morgan fingerprint density at radius 2 is 1.86 bits per heavy atom. The van der Waals surface area contributed by atoms with E-state index < -0.39 is 0 Å².